The highest BCUT2D eigenvalue weighted by atomic mass is 32.2. The number of aromatic nitrogens is 3. The van der Waals surface area contributed by atoms with Crippen molar-refractivity contribution < 1.29 is 8.42 Å². The van der Waals surface area contributed by atoms with Gasteiger partial charge < -0.3 is 0 Å². The average molecular weight is 258 g/mol. The highest BCUT2D eigenvalue weighted by Crippen LogP contribution is 2.19. The van der Waals surface area contributed by atoms with Crippen molar-refractivity contribution in [2.75, 3.05) is 4.72 Å². The molecule has 0 atom stereocenters. The molecule has 0 aromatic carbocycles. The summed E-state index contributed by atoms with van der Waals surface area (Å²) in [6.45, 7) is 1.74. The van der Waals surface area contributed by atoms with E-state index in [0.29, 0.717) is 11.4 Å². The minimum atomic E-state index is -3.60. The van der Waals surface area contributed by atoms with Crippen LogP contribution in [0.15, 0.2) is 22.7 Å². The van der Waals surface area contributed by atoms with Crippen LogP contribution >= 0.6 is 11.5 Å². The molecular formula is C8H10N4O2S2. The molecule has 0 spiro atoms. The van der Waals surface area contributed by atoms with Gasteiger partial charge in [-0.15, -0.1) is 0 Å². The van der Waals surface area contributed by atoms with Crippen molar-refractivity contribution in [1.82, 2.24) is 14.2 Å². The van der Waals surface area contributed by atoms with Crippen LogP contribution in [-0.4, -0.2) is 22.6 Å². The van der Waals surface area contributed by atoms with Crippen molar-refractivity contribution in [2.24, 2.45) is 7.05 Å². The normalized spacial score (nSPS) is 11.6. The van der Waals surface area contributed by atoms with Crippen LogP contribution in [0.4, 0.5) is 5.69 Å². The summed E-state index contributed by atoms with van der Waals surface area (Å²) in [6.07, 6.45) is 1.58. The van der Waals surface area contributed by atoms with Crippen LogP contribution in [0.5, 0.6) is 0 Å². The summed E-state index contributed by atoms with van der Waals surface area (Å²) in [5.41, 5.74) is 1.15. The number of hydrogen-bond acceptors (Lipinski definition) is 5. The Morgan fingerprint density at radius 2 is 2.25 bits per heavy atom. The lowest BCUT2D eigenvalue weighted by Crippen LogP contribution is -2.14. The molecule has 1 N–H and O–H groups in total. The van der Waals surface area contributed by atoms with Crippen molar-refractivity contribution in [3.8, 4) is 0 Å². The molecule has 0 amide bonds. The fourth-order valence-electron chi connectivity index (χ4n) is 1.12. The van der Waals surface area contributed by atoms with Crippen molar-refractivity contribution >= 4 is 27.2 Å². The summed E-state index contributed by atoms with van der Waals surface area (Å²) >= 11 is 1.20. The molecule has 0 aliphatic rings. The highest BCUT2D eigenvalue weighted by molar-refractivity contribution is 7.92. The summed E-state index contributed by atoms with van der Waals surface area (Å²) in [5, 5.41) is 5.49. The van der Waals surface area contributed by atoms with Gasteiger partial charge in [-0.05, 0) is 24.5 Å². The number of hydrogen-bond donors (Lipinski definition) is 1. The number of anilines is 1. The van der Waals surface area contributed by atoms with E-state index in [2.05, 4.69) is 14.2 Å². The lowest BCUT2D eigenvalue weighted by atomic mass is 10.4. The minimum Gasteiger partial charge on any atom is -0.276 e. The van der Waals surface area contributed by atoms with Gasteiger partial charge in [0.15, 0.2) is 5.03 Å². The molecule has 16 heavy (non-hydrogen) atoms. The van der Waals surface area contributed by atoms with Crippen LogP contribution in [0, 0.1) is 6.92 Å². The van der Waals surface area contributed by atoms with E-state index in [1.54, 1.807) is 25.5 Å². The maximum Gasteiger partial charge on any atom is 0.281 e. The summed E-state index contributed by atoms with van der Waals surface area (Å²) in [6, 6.07) is 1.44. The first kappa shape index (κ1) is 11.1. The van der Waals surface area contributed by atoms with Gasteiger partial charge in [0.1, 0.15) is 0 Å². The van der Waals surface area contributed by atoms with E-state index in [1.165, 1.54) is 22.3 Å². The van der Waals surface area contributed by atoms with E-state index in [1.807, 2.05) is 0 Å². The van der Waals surface area contributed by atoms with Gasteiger partial charge in [0.05, 0.1) is 11.4 Å². The Labute approximate surface area is 97.1 Å². The molecule has 2 aromatic heterocycles. The Morgan fingerprint density at radius 3 is 2.75 bits per heavy atom. The average Bonchev–Trinajstić information content (AvgIpc) is 2.77. The molecule has 0 aliphatic carbocycles. The molecule has 0 fully saturated rings. The second-order valence-electron chi connectivity index (χ2n) is 3.25. The molecule has 2 rings (SSSR count). The van der Waals surface area contributed by atoms with Crippen LogP contribution < -0.4 is 4.72 Å². The zero-order chi connectivity index (χ0) is 11.8. The Hall–Kier alpha value is -1.41. The molecule has 0 unspecified atom stereocenters. The first-order valence-corrected chi connectivity index (χ1v) is 6.74. The van der Waals surface area contributed by atoms with Gasteiger partial charge in [-0.3, -0.25) is 9.40 Å². The predicted octanol–water partition coefficient (Wildman–Crippen LogP) is 0.986. The molecule has 86 valence electrons. The Kier molecular flexibility index (Phi) is 2.68. The van der Waals surface area contributed by atoms with E-state index in [-0.39, 0.29) is 5.03 Å². The van der Waals surface area contributed by atoms with E-state index < -0.39 is 10.0 Å². The van der Waals surface area contributed by atoms with Gasteiger partial charge in [0, 0.05) is 18.6 Å². The maximum absolute atomic E-state index is 11.9. The largest absolute Gasteiger partial charge is 0.281 e. The van der Waals surface area contributed by atoms with Gasteiger partial charge in [0.2, 0.25) is 0 Å². The number of aryl methyl sites for hydroxylation is 2. The summed E-state index contributed by atoms with van der Waals surface area (Å²) in [4.78, 5) is 0. The lowest BCUT2D eigenvalue weighted by molar-refractivity contribution is 0.593. The second kappa shape index (κ2) is 3.87. The molecule has 0 aliphatic heterocycles. The van der Waals surface area contributed by atoms with Crippen molar-refractivity contribution in [2.45, 2.75) is 11.9 Å². The molecular weight excluding hydrogens is 248 g/mol. The quantitative estimate of drug-likeness (QED) is 0.890. The van der Waals surface area contributed by atoms with E-state index >= 15 is 0 Å². The summed E-state index contributed by atoms with van der Waals surface area (Å²) in [7, 11) is -1.94. The van der Waals surface area contributed by atoms with Crippen LogP contribution in [0.2, 0.25) is 0 Å². The highest BCUT2D eigenvalue weighted by Gasteiger charge is 2.18. The topological polar surface area (TPSA) is 76.9 Å². The molecule has 8 heteroatoms. The zero-order valence-corrected chi connectivity index (χ0v) is 10.3. The SMILES string of the molecule is Cc1nscc1NS(=O)(=O)c1ccn(C)n1. The first-order valence-electron chi connectivity index (χ1n) is 4.42. The molecule has 2 heterocycles. The number of sulfonamides is 1. The Balaban J connectivity index is 2.31. The van der Waals surface area contributed by atoms with Crippen LogP contribution in [0.3, 0.4) is 0 Å². The summed E-state index contributed by atoms with van der Waals surface area (Å²) < 4.78 is 31.6. The third-order valence-electron chi connectivity index (χ3n) is 1.96. The molecule has 0 saturated carbocycles. The van der Waals surface area contributed by atoms with Gasteiger partial charge >= 0.3 is 0 Å². The van der Waals surface area contributed by atoms with E-state index in [0.717, 1.165) is 0 Å². The Morgan fingerprint density at radius 1 is 1.50 bits per heavy atom. The van der Waals surface area contributed by atoms with Crippen LogP contribution in [0.25, 0.3) is 0 Å². The number of nitrogens with zero attached hydrogens (tertiary/aromatic N) is 3. The maximum atomic E-state index is 11.9. The van der Waals surface area contributed by atoms with Crippen molar-refractivity contribution in [1.29, 1.82) is 0 Å². The summed E-state index contributed by atoms with van der Waals surface area (Å²) in [5.74, 6) is 0. The number of rotatable bonds is 3. The smallest absolute Gasteiger partial charge is 0.276 e. The van der Waals surface area contributed by atoms with Crippen molar-refractivity contribution in [3.63, 3.8) is 0 Å². The molecule has 6 nitrogen and oxygen atoms in total. The van der Waals surface area contributed by atoms with E-state index in [4.69, 9.17) is 0 Å². The van der Waals surface area contributed by atoms with Crippen LogP contribution in [-0.2, 0) is 17.1 Å². The fourth-order valence-corrected chi connectivity index (χ4v) is 2.92. The van der Waals surface area contributed by atoms with Gasteiger partial charge in [-0.25, -0.2) is 0 Å². The molecule has 0 saturated heterocycles. The third-order valence-corrected chi connectivity index (χ3v) is 3.94. The molecule has 0 radical (unpaired) electrons. The standard InChI is InChI=1S/C8H10N4O2S2/c1-6-7(5-15-10-6)11-16(13,14)8-3-4-12(2)9-8/h3-5,11H,1-2H3. The molecule has 2 aromatic rings. The van der Waals surface area contributed by atoms with Gasteiger partial charge in [-0.1, -0.05) is 0 Å². The van der Waals surface area contributed by atoms with Gasteiger partial charge in [-0.2, -0.15) is 17.9 Å². The second-order valence-corrected chi connectivity index (χ2v) is 5.51. The Bertz CT molecular complexity index is 599. The van der Waals surface area contributed by atoms with Crippen molar-refractivity contribution in [3.05, 3.63) is 23.3 Å². The first-order chi connectivity index (χ1) is 7.49. The van der Waals surface area contributed by atoms with Crippen LogP contribution in [0.1, 0.15) is 5.69 Å². The van der Waals surface area contributed by atoms with Gasteiger partial charge in [0.25, 0.3) is 10.0 Å². The fraction of sp³-hybridized carbons (Fsp3) is 0.250. The molecule has 0 bridgehead atoms. The predicted molar refractivity (Wildman–Crippen MR) is 60.9 cm³/mol. The lowest BCUT2D eigenvalue weighted by Gasteiger charge is -2.03. The zero-order valence-electron chi connectivity index (χ0n) is 8.71. The third kappa shape index (κ3) is 2.07. The minimum absolute atomic E-state index is 0.000556. The monoisotopic (exact) mass is 258 g/mol. The number of nitrogens with one attached hydrogen (secondary N) is 1. The van der Waals surface area contributed by atoms with E-state index in [9.17, 15) is 8.42 Å².